The molecule has 2 aromatic rings. The number of aliphatic carboxylic acids is 1. The fourth-order valence-electron chi connectivity index (χ4n) is 6.30. The molecule has 0 radical (unpaired) electrons. The highest BCUT2D eigenvalue weighted by atomic mass is 19.1. The van der Waals surface area contributed by atoms with Crippen molar-refractivity contribution in [3.63, 3.8) is 0 Å². The number of amidine groups is 1. The maximum atomic E-state index is 15.0. The molecule has 9 heteroatoms. The van der Waals surface area contributed by atoms with E-state index in [2.05, 4.69) is 27.1 Å². The van der Waals surface area contributed by atoms with Crippen molar-refractivity contribution >= 4 is 11.8 Å². The Morgan fingerprint density at radius 3 is 2.65 bits per heavy atom. The molecule has 4 aliphatic rings. The average molecular weight is 547 g/mol. The third kappa shape index (κ3) is 4.90. The number of carbonyl (C=O) groups is 1. The van der Waals surface area contributed by atoms with Gasteiger partial charge in [-0.2, -0.15) is 5.26 Å². The van der Waals surface area contributed by atoms with E-state index in [1.807, 2.05) is 19.9 Å². The molecule has 0 atom stereocenters. The Bertz CT molecular complexity index is 1400. The number of benzene rings is 2. The smallest absolute Gasteiger partial charge is 0.309 e. The topological polar surface area (TPSA) is 98.4 Å². The Kier molecular flexibility index (Phi) is 6.70. The van der Waals surface area contributed by atoms with Crippen LogP contribution < -0.4 is 4.74 Å². The predicted octanol–water partition coefficient (Wildman–Crippen LogP) is 5.12. The quantitative estimate of drug-likeness (QED) is 0.515. The highest BCUT2D eigenvalue weighted by molar-refractivity contribution is 5.85. The Morgan fingerprint density at radius 1 is 1.25 bits per heavy atom. The van der Waals surface area contributed by atoms with Gasteiger partial charge in [0, 0.05) is 43.9 Å². The van der Waals surface area contributed by atoms with Crippen molar-refractivity contribution in [2.45, 2.75) is 64.0 Å². The third-order valence-electron chi connectivity index (χ3n) is 8.88. The standard InChI is InChI=1S/C31H35FN4O4/c1-3-39-26-14-21(13-23(22-5-6-22)28(26)24-12-20(16-33)4-7-25(24)32)17-35-18-31(19-35)15-27(34-40-31)36-10-8-30(2,9-11-36)29(37)38/h4,7,12-14,22H,3,5-6,8-11,15,17-19H2,1-2H3,(H,37,38). The summed E-state index contributed by atoms with van der Waals surface area (Å²) in [5.41, 5.74) is 2.82. The molecule has 1 N–H and O–H groups in total. The Balaban J connectivity index is 1.15. The second-order valence-corrected chi connectivity index (χ2v) is 12.0. The van der Waals surface area contributed by atoms with E-state index in [4.69, 9.17) is 9.57 Å². The highest BCUT2D eigenvalue weighted by Gasteiger charge is 2.51. The number of nitriles is 1. The summed E-state index contributed by atoms with van der Waals surface area (Å²) < 4.78 is 21.1. The van der Waals surface area contributed by atoms with Crippen LogP contribution in [-0.4, -0.2) is 65.1 Å². The number of ether oxygens (including phenoxy) is 1. The number of halogens is 1. The van der Waals surface area contributed by atoms with Crippen molar-refractivity contribution in [3.05, 3.63) is 52.8 Å². The molecule has 1 spiro atoms. The SMILES string of the molecule is CCOc1cc(CN2CC3(CC(N4CCC(C)(C(=O)O)CC4)=NO3)C2)cc(C2CC2)c1-c1cc(C#N)ccc1F. The van der Waals surface area contributed by atoms with Gasteiger partial charge >= 0.3 is 5.97 Å². The molecule has 0 bridgehead atoms. The van der Waals surface area contributed by atoms with Crippen LogP contribution in [-0.2, 0) is 16.2 Å². The molecule has 0 unspecified atom stereocenters. The molecule has 0 amide bonds. The number of hydrogen-bond acceptors (Lipinski definition) is 7. The summed E-state index contributed by atoms with van der Waals surface area (Å²) in [6, 6.07) is 10.8. The van der Waals surface area contributed by atoms with Crippen LogP contribution in [0, 0.1) is 22.6 Å². The zero-order valence-corrected chi connectivity index (χ0v) is 23.1. The molecule has 6 rings (SSSR count). The van der Waals surface area contributed by atoms with Crippen molar-refractivity contribution in [3.8, 4) is 22.9 Å². The van der Waals surface area contributed by atoms with Crippen LogP contribution in [0.15, 0.2) is 35.5 Å². The summed E-state index contributed by atoms with van der Waals surface area (Å²) in [5, 5.41) is 23.3. The second-order valence-electron chi connectivity index (χ2n) is 12.0. The monoisotopic (exact) mass is 546 g/mol. The van der Waals surface area contributed by atoms with E-state index in [0.29, 0.717) is 55.3 Å². The Morgan fingerprint density at radius 2 is 2.00 bits per heavy atom. The molecular weight excluding hydrogens is 511 g/mol. The van der Waals surface area contributed by atoms with Crippen LogP contribution >= 0.6 is 0 Å². The lowest BCUT2D eigenvalue weighted by Crippen LogP contribution is -2.61. The lowest BCUT2D eigenvalue weighted by atomic mass is 9.80. The van der Waals surface area contributed by atoms with E-state index < -0.39 is 11.4 Å². The van der Waals surface area contributed by atoms with Gasteiger partial charge in [0.15, 0.2) is 5.60 Å². The number of oxime groups is 1. The largest absolute Gasteiger partial charge is 0.493 e. The highest BCUT2D eigenvalue weighted by Crippen LogP contribution is 2.49. The predicted molar refractivity (Wildman–Crippen MR) is 147 cm³/mol. The Labute approximate surface area is 234 Å². The summed E-state index contributed by atoms with van der Waals surface area (Å²) in [6.07, 6.45) is 4.06. The molecule has 40 heavy (non-hydrogen) atoms. The molecule has 210 valence electrons. The van der Waals surface area contributed by atoms with Crippen LogP contribution in [0.1, 0.15) is 68.6 Å². The molecular formula is C31H35FN4O4. The zero-order chi connectivity index (χ0) is 28.1. The van der Waals surface area contributed by atoms with Gasteiger partial charge in [-0.15, -0.1) is 0 Å². The van der Waals surface area contributed by atoms with E-state index >= 15 is 4.39 Å². The summed E-state index contributed by atoms with van der Waals surface area (Å²) in [7, 11) is 0. The number of nitrogens with zero attached hydrogens (tertiary/aromatic N) is 4. The molecule has 3 heterocycles. The number of hydrogen-bond donors (Lipinski definition) is 1. The minimum absolute atomic E-state index is 0.328. The van der Waals surface area contributed by atoms with Gasteiger partial charge in [-0.25, -0.2) is 4.39 Å². The molecule has 3 aliphatic heterocycles. The molecule has 0 aromatic heterocycles. The summed E-state index contributed by atoms with van der Waals surface area (Å²) in [5.74, 6) is 0.868. The van der Waals surface area contributed by atoms with Crippen molar-refractivity contribution < 1.29 is 23.9 Å². The van der Waals surface area contributed by atoms with E-state index in [1.54, 1.807) is 6.07 Å². The van der Waals surface area contributed by atoms with E-state index in [1.165, 1.54) is 12.1 Å². The Hall–Kier alpha value is -3.64. The summed E-state index contributed by atoms with van der Waals surface area (Å²) >= 11 is 0. The summed E-state index contributed by atoms with van der Waals surface area (Å²) in [6.45, 7) is 7.80. The van der Waals surface area contributed by atoms with Crippen LogP contribution in [0.3, 0.4) is 0 Å². The fourth-order valence-corrected chi connectivity index (χ4v) is 6.30. The number of rotatable bonds is 7. The van der Waals surface area contributed by atoms with Gasteiger partial charge in [-0.3, -0.25) is 9.69 Å². The van der Waals surface area contributed by atoms with Gasteiger partial charge in [0.05, 0.1) is 30.1 Å². The van der Waals surface area contributed by atoms with E-state index in [9.17, 15) is 15.2 Å². The third-order valence-corrected chi connectivity index (χ3v) is 8.88. The van der Waals surface area contributed by atoms with E-state index in [-0.39, 0.29) is 11.4 Å². The lowest BCUT2D eigenvalue weighted by Gasteiger charge is -2.45. The fraction of sp³-hybridized carbons (Fsp3) is 0.516. The zero-order valence-electron chi connectivity index (χ0n) is 23.1. The van der Waals surface area contributed by atoms with Crippen molar-refractivity contribution in [1.29, 1.82) is 5.26 Å². The van der Waals surface area contributed by atoms with Crippen LogP contribution in [0.25, 0.3) is 11.1 Å². The van der Waals surface area contributed by atoms with Crippen molar-refractivity contribution in [2.24, 2.45) is 10.6 Å². The lowest BCUT2D eigenvalue weighted by molar-refractivity contribution is -0.150. The molecule has 2 aromatic carbocycles. The summed E-state index contributed by atoms with van der Waals surface area (Å²) in [4.78, 5) is 22.0. The number of likely N-dealkylation sites (tertiary alicyclic amines) is 2. The molecule has 3 fully saturated rings. The first-order valence-electron chi connectivity index (χ1n) is 14.2. The van der Waals surface area contributed by atoms with E-state index in [0.717, 1.165) is 61.4 Å². The van der Waals surface area contributed by atoms with Crippen molar-refractivity contribution in [1.82, 2.24) is 9.80 Å². The van der Waals surface area contributed by atoms with Gasteiger partial charge < -0.3 is 19.6 Å². The minimum Gasteiger partial charge on any atom is -0.493 e. The van der Waals surface area contributed by atoms with Gasteiger partial charge in [-0.05, 0) is 80.8 Å². The molecule has 1 aliphatic carbocycles. The second kappa shape index (κ2) is 10.1. The van der Waals surface area contributed by atoms with Gasteiger partial charge in [0.25, 0.3) is 0 Å². The molecule has 8 nitrogen and oxygen atoms in total. The van der Waals surface area contributed by atoms with Crippen LogP contribution in [0.4, 0.5) is 4.39 Å². The van der Waals surface area contributed by atoms with Gasteiger partial charge in [0.1, 0.15) is 17.4 Å². The van der Waals surface area contributed by atoms with Crippen LogP contribution in [0.2, 0.25) is 0 Å². The maximum Gasteiger partial charge on any atom is 0.309 e. The molecule has 1 saturated carbocycles. The van der Waals surface area contributed by atoms with Crippen LogP contribution in [0.5, 0.6) is 5.75 Å². The number of carboxylic acid groups (broad SMARTS) is 1. The number of piperidine rings is 1. The normalized spacial score (nSPS) is 21.4. The molecule has 2 saturated heterocycles. The number of carboxylic acids is 1. The first kappa shape index (κ1) is 26.6. The minimum atomic E-state index is -0.728. The van der Waals surface area contributed by atoms with Gasteiger partial charge in [-0.1, -0.05) is 11.2 Å². The average Bonchev–Trinajstić information content (AvgIpc) is 3.68. The first-order chi connectivity index (χ1) is 19.2. The first-order valence-corrected chi connectivity index (χ1v) is 14.2. The van der Waals surface area contributed by atoms with Gasteiger partial charge in [0.2, 0.25) is 0 Å². The maximum absolute atomic E-state index is 15.0. The van der Waals surface area contributed by atoms with Crippen molar-refractivity contribution in [2.75, 3.05) is 32.8 Å².